The maximum absolute atomic E-state index is 11.4. The van der Waals surface area contributed by atoms with E-state index in [4.69, 9.17) is 5.11 Å². The predicted octanol–water partition coefficient (Wildman–Crippen LogP) is -0.941. The number of aliphatic hydroxyl groups is 1. The van der Waals surface area contributed by atoms with Crippen LogP contribution in [0.2, 0.25) is 0 Å². The fourth-order valence-corrected chi connectivity index (χ4v) is 1.54. The minimum Gasteiger partial charge on any atom is -0.395 e. The molecule has 2 amide bonds. The second kappa shape index (κ2) is 4.95. The second-order valence-corrected chi connectivity index (χ2v) is 3.25. The summed E-state index contributed by atoms with van der Waals surface area (Å²) in [4.78, 5) is 26.1. The number of amides is 2. The van der Waals surface area contributed by atoms with Crippen LogP contribution in [0.5, 0.6) is 0 Å². The van der Waals surface area contributed by atoms with Crippen LogP contribution in [0.3, 0.4) is 0 Å². The van der Waals surface area contributed by atoms with Crippen LogP contribution >= 0.6 is 0 Å². The smallest absolute Gasteiger partial charge is 0.232 e. The van der Waals surface area contributed by atoms with E-state index in [0.717, 1.165) is 0 Å². The normalized spacial score (nSPS) is 18.7. The third-order valence-electron chi connectivity index (χ3n) is 2.40. The van der Waals surface area contributed by atoms with Gasteiger partial charge in [0.05, 0.1) is 6.61 Å². The van der Waals surface area contributed by atoms with Gasteiger partial charge in [0.1, 0.15) is 6.42 Å². The molecule has 1 aliphatic heterocycles. The summed E-state index contributed by atoms with van der Waals surface area (Å²) in [5.74, 6) is -0.294. The Hall–Kier alpha value is -1.10. The standard InChI is InChI=1S/C9H16N2O3/c1-2-10-3-4-11(5-6-12)9(14)7-8(10)13/h12H,2-7H2,1H3. The van der Waals surface area contributed by atoms with Crippen molar-refractivity contribution in [3.05, 3.63) is 0 Å². The third-order valence-corrected chi connectivity index (χ3v) is 2.40. The summed E-state index contributed by atoms with van der Waals surface area (Å²) in [5.41, 5.74) is 0. The van der Waals surface area contributed by atoms with Gasteiger partial charge < -0.3 is 14.9 Å². The highest BCUT2D eigenvalue weighted by Crippen LogP contribution is 2.05. The number of nitrogens with zero attached hydrogens (tertiary/aromatic N) is 2. The Morgan fingerprint density at radius 3 is 2.36 bits per heavy atom. The van der Waals surface area contributed by atoms with Crippen LogP contribution in [0, 0.1) is 0 Å². The lowest BCUT2D eigenvalue weighted by Crippen LogP contribution is -2.35. The molecule has 1 saturated heterocycles. The van der Waals surface area contributed by atoms with Crippen LogP contribution < -0.4 is 0 Å². The van der Waals surface area contributed by atoms with Gasteiger partial charge in [-0.3, -0.25) is 9.59 Å². The van der Waals surface area contributed by atoms with Crippen LogP contribution in [-0.4, -0.2) is 59.5 Å². The van der Waals surface area contributed by atoms with Crippen molar-refractivity contribution < 1.29 is 14.7 Å². The Morgan fingerprint density at radius 1 is 1.21 bits per heavy atom. The number of aliphatic hydroxyl groups excluding tert-OH is 1. The first kappa shape index (κ1) is 11.0. The number of carbonyl (C=O) groups excluding carboxylic acids is 2. The van der Waals surface area contributed by atoms with E-state index in [1.165, 1.54) is 4.90 Å². The van der Waals surface area contributed by atoms with Gasteiger partial charge >= 0.3 is 0 Å². The van der Waals surface area contributed by atoms with Crippen molar-refractivity contribution in [1.29, 1.82) is 0 Å². The van der Waals surface area contributed by atoms with E-state index < -0.39 is 0 Å². The molecular formula is C9H16N2O3. The van der Waals surface area contributed by atoms with E-state index in [1.807, 2.05) is 6.92 Å². The lowest BCUT2D eigenvalue weighted by atomic mass is 10.3. The highest BCUT2D eigenvalue weighted by atomic mass is 16.3. The first-order chi connectivity index (χ1) is 6.69. The highest BCUT2D eigenvalue weighted by molar-refractivity contribution is 5.97. The van der Waals surface area contributed by atoms with Crippen LogP contribution in [-0.2, 0) is 9.59 Å². The molecule has 0 saturated carbocycles. The summed E-state index contributed by atoms with van der Waals surface area (Å²) >= 11 is 0. The van der Waals surface area contributed by atoms with Crippen molar-refractivity contribution in [3.8, 4) is 0 Å². The summed E-state index contributed by atoms with van der Waals surface area (Å²) in [6, 6.07) is 0. The quantitative estimate of drug-likeness (QED) is 0.598. The molecule has 1 rings (SSSR count). The van der Waals surface area contributed by atoms with E-state index in [0.29, 0.717) is 26.2 Å². The predicted molar refractivity (Wildman–Crippen MR) is 50.5 cm³/mol. The van der Waals surface area contributed by atoms with Crippen molar-refractivity contribution >= 4 is 11.8 Å². The average molecular weight is 200 g/mol. The zero-order valence-electron chi connectivity index (χ0n) is 8.40. The third kappa shape index (κ3) is 2.45. The zero-order valence-corrected chi connectivity index (χ0v) is 8.40. The molecule has 1 N–H and O–H groups in total. The van der Waals surface area contributed by atoms with Gasteiger partial charge in [-0.25, -0.2) is 0 Å². The molecule has 0 radical (unpaired) electrons. The molecule has 80 valence electrons. The van der Waals surface area contributed by atoms with Gasteiger partial charge in [0.25, 0.3) is 0 Å². The molecule has 5 heteroatoms. The first-order valence-corrected chi connectivity index (χ1v) is 4.85. The molecule has 0 aliphatic carbocycles. The van der Waals surface area contributed by atoms with Gasteiger partial charge in [-0.05, 0) is 6.92 Å². The van der Waals surface area contributed by atoms with Gasteiger partial charge in [0, 0.05) is 26.2 Å². The minimum absolute atomic E-state index is 0.0495. The summed E-state index contributed by atoms with van der Waals surface area (Å²) in [6.07, 6.45) is -0.0617. The fourth-order valence-electron chi connectivity index (χ4n) is 1.54. The Bertz CT molecular complexity index is 230. The molecule has 0 unspecified atom stereocenters. The van der Waals surface area contributed by atoms with Crippen molar-refractivity contribution in [2.24, 2.45) is 0 Å². The van der Waals surface area contributed by atoms with Gasteiger partial charge in [0.2, 0.25) is 11.8 Å². The number of likely N-dealkylation sites (N-methyl/N-ethyl adjacent to an activating group) is 1. The number of β-amino-alcohol motifs (C(OH)–C–C–N with tert-alkyl or cyclic N) is 1. The molecule has 0 spiro atoms. The molecule has 5 nitrogen and oxygen atoms in total. The lowest BCUT2D eigenvalue weighted by Gasteiger charge is -2.20. The molecule has 1 heterocycles. The molecule has 0 aromatic carbocycles. The Kier molecular flexibility index (Phi) is 3.88. The monoisotopic (exact) mass is 200 g/mol. The topological polar surface area (TPSA) is 60.9 Å². The van der Waals surface area contributed by atoms with Crippen molar-refractivity contribution in [2.75, 3.05) is 32.8 Å². The second-order valence-electron chi connectivity index (χ2n) is 3.25. The maximum atomic E-state index is 11.4. The van der Waals surface area contributed by atoms with Crippen LogP contribution in [0.4, 0.5) is 0 Å². The summed E-state index contributed by atoms with van der Waals surface area (Å²) in [5, 5.41) is 8.72. The van der Waals surface area contributed by atoms with Crippen molar-refractivity contribution in [2.45, 2.75) is 13.3 Å². The van der Waals surface area contributed by atoms with Gasteiger partial charge in [-0.1, -0.05) is 0 Å². The van der Waals surface area contributed by atoms with E-state index in [1.54, 1.807) is 4.90 Å². The number of hydrogen-bond acceptors (Lipinski definition) is 3. The summed E-state index contributed by atoms with van der Waals surface area (Å²) in [6.45, 7) is 3.90. The fraction of sp³-hybridized carbons (Fsp3) is 0.778. The Balaban J connectivity index is 2.61. The summed E-state index contributed by atoms with van der Waals surface area (Å²) < 4.78 is 0. The lowest BCUT2D eigenvalue weighted by molar-refractivity contribution is -0.137. The minimum atomic E-state index is -0.181. The van der Waals surface area contributed by atoms with Gasteiger partial charge in [-0.2, -0.15) is 0 Å². The van der Waals surface area contributed by atoms with Crippen molar-refractivity contribution in [1.82, 2.24) is 9.80 Å². The Morgan fingerprint density at radius 2 is 1.79 bits per heavy atom. The number of rotatable bonds is 3. The SMILES string of the molecule is CCN1CCN(CCO)C(=O)CC1=O. The molecule has 0 atom stereocenters. The largest absolute Gasteiger partial charge is 0.395 e. The molecule has 0 bridgehead atoms. The molecular weight excluding hydrogens is 184 g/mol. The van der Waals surface area contributed by atoms with Gasteiger partial charge in [0.15, 0.2) is 0 Å². The summed E-state index contributed by atoms with van der Waals surface area (Å²) in [7, 11) is 0. The van der Waals surface area contributed by atoms with E-state index in [-0.39, 0.29) is 24.8 Å². The Labute approximate surface area is 83.3 Å². The van der Waals surface area contributed by atoms with Gasteiger partial charge in [-0.15, -0.1) is 0 Å². The van der Waals surface area contributed by atoms with Crippen LogP contribution in [0.1, 0.15) is 13.3 Å². The highest BCUT2D eigenvalue weighted by Gasteiger charge is 2.24. The number of hydrogen-bond donors (Lipinski definition) is 1. The maximum Gasteiger partial charge on any atom is 0.232 e. The molecule has 0 aromatic heterocycles. The van der Waals surface area contributed by atoms with E-state index in [9.17, 15) is 9.59 Å². The van der Waals surface area contributed by atoms with Crippen LogP contribution in [0.15, 0.2) is 0 Å². The van der Waals surface area contributed by atoms with E-state index in [2.05, 4.69) is 0 Å². The number of carbonyl (C=O) groups is 2. The zero-order chi connectivity index (χ0) is 10.6. The molecule has 14 heavy (non-hydrogen) atoms. The van der Waals surface area contributed by atoms with E-state index >= 15 is 0 Å². The molecule has 1 fully saturated rings. The molecule has 1 aliphatic rings. The van der Waals surface area contributed by atoms with Crippen molar-refractivity contribution in [3.63, 3.8) is 0 Å². The first-order valence-electron chi connectivity index (χ1n) is 4.85. The average Bonchev–Trinajstić information content (AvgIpc) is 2.28. The molecule has 0 aromatic rings. The van der Waals surface area contributed by atoms with Crippen LogP contribution in [0.25, 0.3) is 0 Å².